The average molecular weight is 200 g/mol. The monoisotopic (exact) mass is 200 g/mol. The van der Waals surface area contributed by atoms with Crippen molar-refractivity contribution in [3.8, 4) is 0 Å². The highest BCUT2D eigenvalue weighted by Crippen LogP contribution is 2.17. The van der Waals surface area contributed by atoms with Gasteiger partial charge in [0.05, 0.1) is 0 Å². The summed E-state index contributed by atoms with van der Waals surface area (Å²) in [5.74, 6) is 0. The third kappa shape index (κ3) is 8.52. The number of nitrogens with one attached hydrogen (secondary N) is 2. The van der Waals surface area contributed by atoms with Gasteiger partial charge in [-0.3, -0.25) is 0 Å². The second-order valence-corrected chi connectivity index (χ2v) is 4.04. The summed E-state index contributed by atoms with van der Waals surface area (Å²) in [6.45, 7) is 6.78. The summed E-state index contributed by atoms with van der Waals surface area (Å²) in [5, 5.41) is 6.54. The molecule has 2 nitrogen and oxygen atoms in total. The van der Waals surface area contributed by atoms with Crippen molar-refractivity contribution in [1.29, 1.82) is 0 Å². The van der Waals surface area contributed by atoms with E-state index in [2.05, 4.69) is 24.5 Å². The second-order valence-electron chi connectivity index (χ2n) is 4.04. The van der Waals surface area contributed by atoms with Gasteiger partial charge in [-0.25, -0.2) is 0 Å². The van der Waals surface area contributed by atoms with Crippen LogP contribution in [-0.2, 0) is 0 Å². The van der Waals surface area contributed by atoms with E-state index in [9.17, 15) is 0 Å². The molecule has 0 atom stereocenters. The molecule has 2 N–H and O–H groups in total. The highest BCUT2D eigenvalue weighted by atomic mass is 14.9. The molecule has 0 aromatic heterocycles. The lowest BCUT2D eigenvalue weighted by Gasteiger charge is -2.26. The van der Waals surface area contributed by atoms with Gasteiger partial charge in [0.2, 0.25) is 0 Å². The van der Waals surface area contributed by atoms with E-state index in [1.54, 1.807) is 0 Å². The normalized spacial score (nSPS) is 15.6. The van der Waals surface area contributed by atoms with Crippen molar-refractivity contribution in [2.75, 3.05) is 20.1 Å². The zero-order chi connectivity index (χ0) is 10.6. The van der Waals surface area contributed by atoms with Crippen molar-refractivity contribution >= 4 is 0 Å². The molecule has 1 fully saturated rings. The Labute approximate surface area is 89.9 Å². The SMILES string of the molecule is CCCCNC.CCCNC1CCC1. The van der Waals surface area contributed by atoms with Crippen LogP contribution in [0.2, 0.25) is 0 Å². The molecule has 2 heteroatoms. The van der Waals surface area contributed by atoms with Crippen LogP contribution in [0.25, 0.3) is 0 Å². The Hall–Kier alpha value is -0.0800. The van der Waals surface area contributed by atoms with Crippen molar-refractivity contribution in [1.82, 2.24) is 10.6 Å². The van der Waals surface area contributed by atoms with Gasteiger partial charge in [-0.15, -0.1) is 0 Å². The highest BCUT2D eigenvalue weighted by Gasteiger charge is 2.14. The molecule has 0 unspecified atom stereocenters. The fraction of sp³-hybridized carbons (Fsp3) is 1.00. The standard InChI is InChI=1S/C7H15N.C5H13N/c1-2-6-8-7-4-3-5-7;1-3-4-5-6-2/h7-8H,2-6H2,1H3;6H,3-5H2,1-2H3. The Bertz CT molecular complexity index is 96.5. The van der Waals surface area contributed by atoms with E-state index in [1.165, 1.54) is 45.1 Å². The lowest BCUT2D eigenvalue weighted by atomic mass is 9.93. The summed E-state index contributed by atoms with van der Waals surface area (Å²) in [4.78, 5) is 0. The lowest BCUT2D eigenvalue weighted by molar-refractivity contribution is 0.341. The molecule has 0 aliphatic heterocycles. The van der Waals surface area contributed by atoms with Gasteiger partial charge < -0.3 is 10.6 Å². The van der Waals surface area contributed by atoms with E-state index >= 15 is 0 Å². The molecule has 0 amide bonds. The van der Waals surface area contributed by atoms with Gasteiger partial charge >= 0.3 is 0 Å². The predicted molar refractivity (Wildman–Crippen MR) is 64.8 cm³/mol. The molecule has 0 bridgehead atoms. The summed E-state index contributed by atoms with van der Waals surface area (Å²) < 4.78 is 0. The van der Waals surface area contributed by atoms with Gasteiger partial charge in [0.1, 0.15) is 0 Å². The van der Waals surface area contributed by atoms with E-state index in [1.807, 2.05) is 7.05 Å². The lowest BCUT2D eigenvalue weighted by Crippen LogP contribution is -2.35. The Kier molecular flexibility index (Phi) is 10.9. The fourth-order valence-corrected chi connectivity index (χ4v) is 1.31. The minimum Gasteiger partial charge on any atom is -0.320 e. The topological polar surface area (TPSA) is 24.1 Å². The van der Waals surface area contributed by atoms with Crippen LogP contribution in [0, 0.1) is 0 Å². The molecule has 1 aliphatic rings. The maximum Gasteiger partial charge on any atom is 0.00670 e. The first kappa shape index (κ1) is 13.9. The van der Waals surface area contributed by atoms with Crippen molar-refractivity contribution < 1.29 is 0 Å². The first-order valence-corrected chi connectivity index (χ1v) is 6.23. The Balaban J connectivity index is 0.000000255. The largest absolute Gasteiger partial charge is 0.320 e. The third-order valence-corrected chi connectivity index (χ3v) is 2.57. The minimum atomic E-state index is 0.884. The molecule has 0 saturated heterocycles. The van der Waals surface area contributed by atoms with Crippen molar-refractivity contribution in [3.63, 3.8) is 0 Å². The van der Waals surface area contributed by atoms with E-state index in [0.717, 1.165) is 12.6 Å². The molecular weight excluding hydrogens is 172 g/mol. The van der Waals surface area contributed by atoms with Gasteiger partial charge in [-0.2, -0.15) is 0 Å². The van der Waals surface area contributed by atoms with Crippen LogP contribution >= 0.6 is 0 Å². The van der Waals surface area contributed by atoms with Crippen molar-refractivity contribution in [2.45, 2.75) is 58.4 Å². The van der Waals surface area contributed by atoms with Crippen molar-refractivity contribution in [3.05, 3.63) is 0 Å². The fourth-order valence-electron chi connectivity index (χ4n) is 1.31. The van der Waals surface area contributed by atoms with Crippen LogP contribution in [-0.4, -0.2) is 26.2 Å². The number of hydrogen-bond donors (Lipinski definition) is 2. The van der Waals surface area contributed by atoms with Crippen LogP contribution < -0.4 is 10.6 Å². The average Bonchev–Trinajstić information content (AvgIpc) is 2.14. The quantitative estimate of drug-likeness (QED) is 0.644. The molecule has 1 rings (SSSR count). The molecule has 1 aliphatic carbocycles. The first-order valence-electron chi connectivity index (χ1n) is 6.23. The molecule has 0 spiro atoms. The van der Waals surface area contributed by atoms with Crippen LogP contribution in [0.4, 0.5) is 0 Å². The molecule has 86 valence electrons. The maximum absolute atomic E-state index is 3.47. The number of rotatable bonds is 6. The molecule has 1 saturated carbocycles. The maximum atomic E-state index is 3.47. The molecule has 14 heavy (non-hydrogen) atoms. The van der Waals surface area contributed by atoms with E-state index in [4.69, 9.17) is 0 Å². The molecular formula is C12H28N2. The number of unbranched alkanes of at least 4 members (excludes halogenated alkanes) is 1. The van der Waals surface area contributed by atoms with Gasteiger partial charge in [0.25, 0.3) is 0 Å². The minimum absolute atomic E-state index is 0.884. The molecule has 0 radical (unpaired) electrons. The van der Waals surface area contributed by atoms with Gasteiger partial charge in [0.15, 0.2) is 0 Å². The third-order valence-electron chi connectivity index (χ3n) is 2.57. The predicted octanol–water partition coefficient (Wildman–Crippen LogP) is 2.54. The van der Waals surface area contributed by atoms with Crippen molar-refractivity contribution in [2.24, 2.45) is 0 Å². The Morgan fingerprint density at radius 1 is 1.07 bits per heavy atom. The van der Waals surface area contributed by atoms with E-state index in [0.29, 0.717) is 0 Å². The summed E-state index contributed by atoms with van der Waals surface area (Å²) in [6, 6.07) is 0.884. The van der Waals surface area contributed by atoms with E-state index in [-0.39, 0.29) is 0 Å². The number of hydrogen-bond acceptors (Lipinski definition) is 2. The van der Waals surface area contributed by atoms with Crippen LogP contribution in [0.5, 0.6) is 0 Å². The van der Waals surface area contributed by atoms with Crippen LogP contribution in [0.3, 0.4) is 0 Å². The summed E-state index contributed by atoms with van der Waals surface area (Å²) in [5.41, 5.74) is 0. The summed E-state index contributed by atoms with van der Waals surface area (Å²) in [6.07, 6.45) is 8.15. The summed E-state index contributed by atoms with van der Waals surface area (Å²) in [7, 11) is 1.98. The second kappa shape index (κ2) is 11.0. The highest BCUT2D eigenvalue weighted by molar-refractivity contribution is 4.75. The molecule has 0 aromatic rings. The molecule has 0 aromatic carbocycles. The van der Waals surface area contributed by atoms with Crippen LogP contribution in [0.15, 0.2) is 0 Å². The van der Waals surface area contributed by atoms with Crippen LogP contribution in [0.1, 0.15) is 52.4 Å². The smallest absolute Gasteiger partial charge is 0.00670 e. The summed E-state index contributed by atoms with van der Waals surface area (Å²) >= 11 is 0. The molecule has 0 heterocycles. The zero-order valence-electron chi connectivity index (χ0n) is 10.2. The van der Waals surface area contributed by atoms with Gasteiger partial charge in [-0.1, -0.05) is 26.7 Å². The Morgan fingerprint density at radius 2 is 1.79 bits per heavy atom. The van der Waals surface area contributed by atoms with Gasteiger partial charge in [0, 0.05) is 6.04 Å². The first-order chi connectivity index (χ1) is 6.85. The van der Waals surface area contributed by atoms with E-state index < -0.39 is 0 Å². The van der Waals surface area contributed by atoms with Gasteiger partial charge in [-0.05, 0) is 45.8 Å². The zero-order valence-corrected chi connectivity index (χ0v) is 10.2. The Morgan fingerprint density at radius 3 is 2.07 bits per heavy atom.